The van der Waals surface area contributed by atoms with Crippen molar-refractivity contribution in [1.29, 1.82) is 0 Å². The van der Waals surface area contributed by atoms with Gasteiger partial charge in [-0.3, -0.25) is 0 Å². The predicted molar refractivity (Wildman–Crippen MR) is 72.9 cm³/mol. The molecule has 20 heavy (non-hydrogen) atoms. The number of halogens is 3. The summed E-state index contributed by atoms with van der Waals surface area (Å²) in [6, 6.07) is 8.80. The summed E-state index contributed by atoms with van der Waals surface area (Å²) in [5, 5.41) is 3.10. The van der Waals surface area contributed by atoms with Gasteiger partial charge in [0.25, 0.3) is 0 Å². The molecule has 1 atom stereocenters. The summed E-state index contributed by atoms with van der Waals surface area (Å²) in [5.74, 6) is -1.59. The molecular formula is C16H16F3N. The van der Waals surface area contributed by atoms with Gasteiger partial charge in [-0.1, -0.05) is 25.1 Å². The van der Waals surface area contributed by atoms with Crippen LogP contribution in [-0.2, 0) is 0 Å². The van der Waals surface area contributed by atoms with Gasteiger partial charge in [0.2, 0.25) is 0 Å². The van der Waals surface area contributed by atoms with Gasteiger partial charge in [-0.2, -0.15) is 0 Å². The molecule has 4 heteroatoms. The lowest BCUT2D eigenvalue weighted by Gasteiger charge is -2.20. The molecule has 0 bridgehead atoms. The van der Waals surface area contributed by atoms with Crippen LogP contribution in [0.15, 0.2) is 42.5 Å². The topological polar surface area (TPSA) is 12.0 Å². The largest absolute Gasteiger partial charge is 0.306 e. The standard InChI is InChI=1S/C16H16F3N/c1-2-10-20-16(11-6-8-12(17)9-7-11)15-13(18)4-3-5-14(15)19/h3-9,16,20H,2,10H2,1H3. The second-order valence-electron chi connectivity index (χ2n) is 4.57. The summed E-state index contributed by atoms with van der Waals surface area (Å²) in [6.45, 7) is 2.57. The smallest absolute Gasteiger partial charge is 0.131 e. The van der Waals surface area contributed by atoms with Gasteiger partial charge in [-0.25, -0.2) is 13.2 Å². The van der Waals surface area contributed by atoms with Crippen LogP contribution < -0.4 is 5.32 Å². The fraction of sp³-hybridized carbons (Fsp3) is 0.250. The first-order valence-electron chi connectivity index (χ1n) is 6.56. The zero-order chi connectivity index (χ0) is 14.5. The van der Waals surface area contributed by atoms with Crippen LogP contribution in [0.5, 0.6) is 0 Å². The van der Waals surface area contributed by atoms with Gasteiger partial charge < -0.3 is 5.32 Å². The number of hydrogen-bond acceptors (Lipinski definition) is 1. The first-order chi connectivity index (χ1) is 9.63. The van der Waals surface area contributed by atoms with Gasteiger partial charge in [0.1, 0.15) is 17.5 Å². The van der Waals surface area contributed by atoms with Crippen LogP contribution in [0.3, 0.4) is 0 Å². The van der Waals surface area contributed by atoms with E-state index in [1.807, 2.05) is 6.92 Å². The minimum absolute atomic E-state index is 0.0347. The van der Waals surface area contributed by atoms with Gasteiger partial charge >= 0.3 is 0 Å². The molecule has 0 amide bonds. The average molecular weight is 279 g/mol. The summed E-state index contributed by atoms with van der Waals surface area (Å²) in [7, 11) is 0. The lowest BCUT2D eigenvalue weighted by Crippen LogP contribution is -2.25. The highest BCUT2D eigenvalue weighted by molar-refractivity contribution is 5.33. The van der Waals surface area contributed by atoms with Gasteiger partial charge in [-0.15, -0.1) is 0 Å². The Morgan fingerprint density at radius 1 is 0.950 bits per heavy atom. The van der Waals surface area contributed by atoms with Crippen molar-refractivity contribution in [3.05, 3.63) is 71.0 Å². The summed E-state index contributed by atoms with van der Waals surface area (Å²) in [4.78, 5) is 0. The molecular weight excluding hydrogens is 263 g/mol. The first kappa shape index (κ1) is 14.6. The van der Waals surface area contributed by atoms with Crippen molar-refractivity contribution < 1.29 is 13.2 Å². The van der Waals surface area contributed by atoms with Crippen molar-refractivity contribution in [2.24, 2.45) is 0 Å². The highest BCUT2D eigenvalue weighted by Gasteiger charge is 2.21. The highest BCUT2D eigenvalue weighted by Crippen LogP contribution is 2.27. The van der Waals surface area contributed by atoms with E-state index in [1.165, 1.54) is 42.5 Å². The molecule has 2 aromatic carbocycles. The number of benzene rings is 2. The van der Waals surface area contributed by atoms with E-state index in [0.717, 1.165) is 6.42 Å². The fourth-order valence-corrected chi connectivity index (χ4v) is 2.12. The van der Waals surface area contributed by atoms with E-state index in [4.69, 9.17) is 0 Å². The molecule has 0 saturated heterocycles. The van der Waals surface area contributed by atoms with Crippen molar-refractivity contribution in [2.75, 3.05) is 6.54 Å². The number of hydrogen-bond donors (Lipinski definition) is 1. The summed E-state index contributed by atoms with van der Waals surface area (Å²) in [5.41, 5.74) is 0.594. The lowest BCUT2D eigenvalue weighted by molar-refractivity contribution is 0.502. The maximum absolute atomic E-state index is 13.9. The van der Waals surface area contributed by atoms with Crippen LogP contribution >= 0.6 is 0 Å². The van der Waals surface area contributed by atoms with Crippen molar-refractivity contribution in [3.8, 4) is 0 Å². The zero-order valence-corrected chi connectivity index (χ0v) is 11.2. The third-order valence-electron chi connectivity index (χ3n) is 3.09. The van der Waals surface area contributed by atoms with Crippen LogP contribution in [0.25, 0.3) is 0 Å². The Morgan fingerprint density at radius 2 is 1.55 bits per heavy atom. The van der Waals surface area contributed by atoms with Gasteiger partial charge in [0, 0.05) is 5.56 Å². The van der Waals surface area contributed by atoms with E-state index in [2.05, 4.69) is 5.32 Å². The van der Waals surface area contributed by atoms with Crippen LogP contribution in [0.1, 0.15) is 30.5 Å². The minimum atomic E-state index is -0.628. The molecule has 0 fully saturated rings. The number of rotatable bonds is 5. The molecule has 1 unspecified atom stereocenters. The third-order valence-corrected chi connectivity index (χ3v) is 3.09. The Kier molecular flexibility index (Phi) is 4.79. The van der Waals surface area contributed by atoms with Crippen molar-refractivity contribution in [3.63, 3.8) is 0 Å². The molecule has 1 N–H and O–H groups in total. The molecule has 0 saturated carbocycles. The maximum Gasteiger partial charge on any atom is 0.131 e. The van der Waals surface area contributed by atoms with E-state index in [9.17, 15) is 13.2 Å². The molecule has 0 aliphatic carbocycles. The SMILES string of the molecule is CCCNC(c1ccc(F)cc1)c1c(F)cccc1F. The van der Waals surface area contributed by atoms with Crippen LogP contribution in [0.2, 0.25) is 0 Å². The Hall–Kier alpha value is -1.81. The van der Waals surface area contributed by atoms with E-state index in [0.29, 0.717) is 12.1 Å². The second kappa shape index (κ2) is 6.57. The molecule has 0 aromatic heterocycles. The van der Waals surface area contributed by atoms with Crippen molar-refractivity contribution in [2.45, 2.75) is 19.4 Å². The molecule has 0 spiro atoms. The first-order valence-corrected chi connectivity index (χ1v) is 6.56. The average Bonchev–Trinajstić information content (AvgIpc) is 2.43. The normalized spacial score (nSPS) is 12.4. The Balaban J connectivity index is 2.44. The third kappa shape index (κ3) is 3.20. The van der Waals surface area contributed by atoms with E-state index >= 15 is 0 Å². The quantitative estimate of drug-likeness (QED) is 0.865. The zero-order valence-electron chi connectivity index (χ0n) is 11.2. The molecule has 0 aliphatic rings. The molecule has 0 aliphatic heterocycles. The van der Waals surface area contributed by atoms with Crippen LogP contribution in [0.4, 0.5) is 13.2 Å². The van der Waals surface area contributed by atoms with Crippen molar-refractivity contribution in [1.82, 2.24) is 5.32 Å². The lowest BCUT2D eigenvalue weighted by atomic mass is 9.97. The Labute approximate surface area is 116 Å². The monoisotopic (exact) mass is 279 g/mol. The maximum atomic E-state index is 13.9. The molecule has 2 aromatic rings. The van der Waals surface area contributed by atoms with E-state index in [1.54, 1.807) is 0 Å². The summed E-state index contributed by atoms with van der Waals surface area (Å²) < 4.78 is 40.9. The van der Waals surface area contributed by atoms with E-state index < -0.39 is 17.7 Å². The summed E-state index contributed by atoms with van der Waals surface area (Å²) >= 11 is 0. The fourth-order valence-electron chi connectivity index (χ4n) is 2.12. The number of nitrogens with one attached hydrogen (secondary N) is 1. The molecule has 0 radical (unpaired) electrons. The molecule has 1 nitrogen and oxygen atoms in total. The minimum Gasteiger partial charge on any atom is -0.306 e. The Bertz CT molecular complexity index is 546. The van der Waals surface area contributed by atoms with Crippen molar-refractivity contribution >= 4 is 0 Å². The predicted octanol–water partition coefficient (Wildman–Crippen LogP) is 4.19. The highest BCUT2D eigenvalue weighted by atomic mass is 19.1. The second-order valence-corrected chi connectivity index (χ2v) is 4.57. The van der Waals surface area contributed by atoms with Crippen LogP contribution in [-0.4, -0.2) is 6.54 Å². The molecule has 2 rings (SSSR count). The van der Waals surface area contributed by atoms with Gasteiger partial charge in [0.15, 0.2) is 0 Å². The molecule has 0 heterocycles. The van der Waals surface area contributed by atoms with Gasteiger partial charge in [0.05, 0.1) is 6.04 Å². The van der Waals surface area contributed by atoms with E-state index in [-0.39, 0.29) is 11.4 Å². The Morgan fingerprint density at radius 3 is 2.10 bits per heavy atom. The van der Waals surface area contributed by atoms with Gasteiger partial charge in [-0.05, 0) is 42.8 Å². The van der Waals surface area contributed by atoms with Crippen LogP contribution in [0, 0.1) is 17.5 Å². The molecule has 106 valence electrons. The summed E-state index contributed by atoms with van der Waals surface area (Å²) in [6.07, 6.45) is 0.827.